The Kier molecular flexibility index (Phi) is 3.29. The number of aryl methyl sites for hydroxylation is 2. The van der Waals surface area contributed by atoms with Gasteiger partial charge in [-0.15, -0.1) is 0 Å². The zero-order valence-electron chi connectivity index (χ0n) is 10.7. The number of halogens is 3. The first-order valence-corrected chi connectivity index (χ1v) is 5.65. The Morgan fingerprint density at radius 3 is 2.40 bits per heavy atom. The minimum Gasteiger partial charge on any atom is -0.477 e. The van der Waals surface area contributed by atoms with E-state index >= 15 is 0 Å². The predicted molar refractivity (Wildman–Crippen MR) is 65.3 cm³/mol. The van der Waals surface area contributed by atoms with Gasteiger partial charge in [0, 0.05) is 12.6 Å². The SMILES string of the molecule is Cc1cc(C(F)(F)F)ccc1-c1cc(C(=O)O)n(C)n1. The minimum atomic E-state index is -4.40. The van der Waals surface area contributed by atoms with E-state index in [1.165, 1.54) is 30.8 Å². The van der Waals surface area contributed by atoms with Crippen LogP contribution in [0, 0.1) is 6.92 Å². The molecule has 2 aromatic rings. The van der Waals surface area contributed by atoms with Gasteiger partial charge in [0.25, 0.3) is 0 Å². The Morgan fingerprint density at radius 2 is 1.95 bits per heavy atom. The maximum Gasteiger partial charge on any atom is 0.416 e. The van der Waals surface area contributed by atoms with E-state index in [-0.39, 0.29) is 5.69 Å². The van der Waals surface area contributed by atoms with Crippen molar-refractivity contribution in [2.75, 3.05) is 0 Å². The van der Waals surface area contributed by atoms with Crippen molar-refractivity contribution in [2.24, 2.45) is 7.05 Å². The summed E-state index contributed by atoms with van der Waals surface area (Å²) in [6.45, 7) is 1.53. The van der Waals surface area contributed by atoms with E-state index in [2.05, 4.69) is 5.10 Å². The van der Waals surface area contributed by atoms with Crippen LogP contribution in [-0.4, -0.2) is 20.9 Å². The fraction of sp³-hybridized carbons (Fsp3) is 0.231. The fourth-order valence-electron chi connectivity index (χ4n) is 1.93. The Hall–Kier alpha value is -2.31. The number of hydrogen-bond acceptors (Lipinski definition) is 2. The van der Waals surface area contributed by atoms with E-state index in [9.17, 15) is 18.0 Å². The van der Waals surface area contributed by atoms with E-state index in [1.54, 1.807) is 0 Å². The van der Waals surface area contributed by atoms with Gasteiger partial charge in [-0.3, -0.25) is 4.68 Å². The molecule has 0 saturated heterocycles. The molecule has 0 aliphatic rings. The first-order valence-electron chi connectivity index (χ1n) is 5.65. The number of carboxylic acid groups (broad SMARTS) is 1. The summed E-state index contributed by atoms with van der Waals surface area (Å²) in [5, 5.41) is 12.9. The van der Waals surface area contributed by atoms with Gasteiger partial charge in [0.15, 0.2) is 0 Å². The molecule has 7 heteroatoms. The van der Waals surface area contributed by atoms with Crippen LogP contribution in [0.3, 0.4) is 0 Å². The lowest BCUT2D eigenvalue weighted by molar-refractivity contribution is -0.137. The number of carboxylic acids is 1. The molecule has 4 nitrogen and oxygen atoms in total. The number of alkyl halides is 3. The van der Waals surface area contributed by atoms with Crippen LogP contribution in [0.2, 0.25) is 0 Å². The minimum absolute atomic E-state index is 0.0284. The Bertz CT molecular complexity index is 675. The molecule has 20 heavy (non-hydrogen) atoms. The number of aromatic carboxylic acids is 1. The highest BCUT2D eigenvalue weighted by Gasteiger charge is 2.30. The van der Waals surface area contributed by atoms with E-state index in [4.69, 9.17) is 5.11 Å². The largest absolute Gasteiger partial charge is 0.477 e. The highest BCUT2D eigenvalue weighted by Crippen LogP contribution is 2.32. The molecule has 0 bridgehead atoms. The van der Waals surface area contributed by atoms with Crippen LogP contribution in [-0.2, 0) is 13.2 Å². The smallest absolute Gasteiger partial charge is 0.416 e. The lowest BCUT2D eigenvalue weighted by Crippen LogP contribution is -2.05. The lowest BCUT2D eigenvalue weighted by atomic mass is 10.0. The second-order valence-corrected chi connectivity index (χ2v) is 4.37. The zero-order chi connectivity index (χ0) is 15.1. The molecule has 0 saturated carbocycles. The molecular weight excluding hydrogens is 273 g/mol. The predicted octanol–water partition coefficient (Wildman–Crippen LogP) is 3.11. The molecule has 106 valence electrons. The van der Waals surface area contributed by atoms with Crippen molar-refractivity contribution >= 4 is 5.97 Å². The molecule has 0 radical (unpaired) electrons. The number of hydrogen-bond donors (Lipinski definition) is 1. The van der Waals surface area contributed by atoms with Crippen LogP contribution in [0.1, 0.15) is 21.6 Å². The summed E-state index contributed by atoms with van der Waals surface area (Å²) >= 11 is 0. The van der Waals surface area contributed by atoms with Crippen molar-refractivity contribution in [3.05, 3.63) is 41.1 Å². The molecule has 0 aliphatic carbocycles. The van der Waals surface area contributed by atoms with Gasteiger partial charge in [-0.05, 0) is 30.7 Å². The highest BCUT2D eigenvalue weighted by atomic mass is 19.4. The summed E-state index contributed by atoms with van der Waals surface area (Å²) in [6, 6.07) is 4.60. The van der Waals surface area contributed by atoms with Gasteiger partial charge >= 0.3 is 12.1 Å². The maximum atomic E-state index is 12.6. The molecule has 1 aromatic heterocycles. The van der Waals surface area contributed by atoms with Gasteiger partial charge in [-0.1, -0.05) is 6.07 Å². The van der Waals surface area contributed by atoms with Gasteiger partial charge in [0.1, 0.15) is 5.69 Å². The number of benzene rings is 1. The van der Waals surface area contributed by atoms with Crippen molar-refractivity contribution in [1.82, 2.24) is 9.78 Å². The summed E-state index contributed by atoms with van der Waals surface area (Å²) < 4.78 is 38.9. The van der Waals surface area contributed by atoms with Crippen molar-refractivity contribution in [1.29, 1.82) is 0 Å². The number of rotatable bonds is 2. The fourth-order valence-corrected chi connectivity index (χ4v) is 1.93. The normalized spacial score (nSPS) is 11.7. The third-order valence-corrected chi connectivity index (χ3v) is 2.93. The van der Waals surface area contributed by atoms with Crippen molar-refractivity contribution in [3.63, 3.8) is 0 Å². The molecule has 0 fully saturated rings. The van der Waals surface area contributed by atoms with Crippen LogP contribution in [0.15, 0.2) is 24.3 Å². The number of aromatic nitrogens is 2. The average molecular weight is 284 g/mol. The zero-order valence-corrected chi connectivity index (χ0v) is 10.7. The first kappa shape index (κ1) is 14.1. The molecule has 1 aromatic carbocycles. The molecule has 1 heterocycles. The summed E-state index contributed by atoms with van der Waals surface area (Å²) in [5.74, 6) is -1.14. The quantitative estimate of drug-likeness (QED) is 0.921. The summed E-state index contributed by atoms with van der Waals surface area (Å²) in [4.78, 5) is 10.9. The van der Waals surface area contributed by atoms with E-state index < -0.39 is 17.7 Å². The second-order valence-electron chi connectivity index (χ2n) is 4.37. The van der Waals surface area contributed by atoms with Crippen LogP contribution in [0.4, 0.5) is 13.2 Å². The maximum absolute atomic E-state index is 12.6. The van der Waals surface area contributed by atoms with E-state index in [0.717, 1.165) is 12.1 Å². The van der Waals surface area contributed by atoms with Crippen LogP contribution in [0.5, 0.6) is 0 Å². The molecule has 2 rings (SSSR count). The molecule has 0 amide bonds. The van der Waals surface area contributed by atoms with E-state index in [0.29, 0.717) is 16.8 Å². The lowest BCUT2D eigenvalue weighted by Gasteiger charge is -2.09. The summed E-state index contributed by atoms with van der Waals surface area (Å²) in [7, 11) is 1.46. The molecular formula is C13H11F3N2O2. The van der Waals surface area contributed by atoms with Gasteiger partial charge in [0.05, 0.1) is 11.3 Å². The van der Waals surface area contributed by atoms with Crippen molar-refractivity contribution in [2.45, 2.75) is 13.1 Å². The van der Waals surface area contributed by atoms with Crippen molar-refractivity contribution < 1.29 is 23.1 Å². The third kappa shape index (κ3) is 2.52. The van der Waals surface area contributed by atoms with Crippen LogP contribution in [0.25, 0.3) is 11.3 Å². The third-order valence-electron chi connectivity index (χ3n) is 2.93. The monoisotopic (exact) mass is 284 g/mol. The average Bonchev–Trinajstić information content (AvgIpc) is 2.69. The number of carbonyl (C=O) groups is 1. The topological polar surface area (TPSA) is 55.1 Å². The van der Waals surface area contributed by atoms with Crippen molar-refractivity contribution in [3.8, 4) is 11.3 Å². The standard InChI is InChI=1S/C13H11F3N2O2/c1-7-5-8(13(14,15)16)3-4-9(7)10-6-11(12(19)20)18(2)17-10/h3-6H,1-2H3,(H,19,20). The Balaban J connectivity index is 2.49. The second kappa shape index (κ2) is 4.66. The van der Waals surface area contributed by atoms with Gasteiger partial charge in [-0.25, -0.2) is 4.79 Å². The van der Waals surface area contributed by atoms with E-state index in [1.807, 2.05) is 0 Å². The van der Waals surface area contributed by atoms with Gasteiger partial charge in [0.2, 0.25) is 0 Å². The molecule has 1 N–H and O–H groups in total. The number of nitrogens with zero attached hydrogens (tertiary/aromatic N) is 2. The summed E-state index contributed by atoms with van der Waals surface area (Å²) in [6.07, 6.45) is -4.40. The Morgan fingerprint density at radius 1 is 1.30 bits per heavy atom. The molecule has 0 unspecified atom stereocenters. The highest BCUT2D eigenvalue weighted by molar-refractivity contribution is 5.87. The molecule has 0 spiro atoms. The van der Waals surface area contributed by atoms with Gasteiger partial charge in [-0.2, -0.15) is 18.3 Å². The van der Waals surface area contributed by atoms with Gasteiger partial charge < -0.3 is 5.11 Å². The first-order chi connectivity index (χ1) is 9.20. The molecule has 0 aliphatic heterocycles. The summed E-state index contributed by atoms with van der Waals surface area (Å²) in [5.41, 5.74) is 0.416. The van der Waals surface area contributed by atoms with Crippen LogP contribution >= 0.6 is 0 Å². The Labute approximate surface area is 112 Å². The van der Waals surface area contributed by atoms with Crippen LogP contribution < -0.4 is 0 Å². The molecule has 0 atom stereocenters.